The third-order valence-electron chi connectivity index (χ3n) is 3.32. The number of rotatable bonds is 5. The molecule has 0 aliphatic carbocycles. The maximum Gasteiger partial charge on any atom is 0.318 e. The molecule has 1 aromatic rings. The summed E-state index contributed by atoms with van der Waals surface area (Å²) in [5.41, 5.74) is 0. The topological polar surface area (TPSA) is 72.7 Å². The van der Waals surface area contributed by atoms with Crippen LogP contribution >= 0.6 is 0 Å². The maximum atomic E-state index is 5.64. The maximum absolute atomic E-state index is 5.64. The molecule has 0 spiro atoms. The Kier molecular flexibility index (Phi) is 4.15. The lowest BCUT2D eigenvalue weighted by Gasteiger charge is -2.13. The molecule has 18 heavy (non-hydrogen) atoms. The summed E-state index contributed by atoms with van der Waals surface area (Å²) in [6.07, 6.45) is 0.0687. The van der Waals surface area contributed by atoms with Crippen molar-refractivity contribution in [3.05, 3.63) is 5.89 Å². The quantitative estimate of drug-likeness (QED) is 0.806. The lowest BCUT2D eigenvalue weighted by Crippen LogP contribution is -2.27. The highest BCUT2D eigenvalue weighted by Gasteiger charge is 2.35. The molecule has 7 heteroatoms. The van der Waals surface area contributed by atoms with Gasteiger partial charge in [0.05, 0.1) is 19.1 Å². The zero-order valence-corrected chi connectivity index (χ0v) is 11.2. The fraction of sp³-hybridized carbons (Fsp3) is 0.818. The monoisotopic (exact) mass is 256 g/mol. The van der Waals surface area contributed by atoms with E-state index in [-0.39, 0.29) is 18.2 Å². The summed E-state index contributed by atoms with van der Waals surface area (Å²) in [5.74, 6) is 0.585. The van der Waals surface area contributed by atoms with Gasteiger partial charge in [0, 0.05) is 14.2 Å². The smallest absolute Gasteiger partial charge is 0.318 e. The Morgan fingerprint density at radius 3 is 2.39 bits per heavy atom. The van der Waals surface area contributed by atoms with Crippen LogP contribution in [0.3, 0.4) is 0 Å². The minimum atomic E-state index is 0.0343. The van der Waals surface area contributed by atoms with Crippen LogP contribution in [0.15, 0.2) is 4.42 Å². The average Bonchev–Trinajstić information content (AvgIpc) is 3.03. The zero-order valence-electron chi connectivity index (χ0n) is 11.2. The van der Waals surface area contributed by atoms with E-state index in [2.05, 4.69) is 15.5 Å². The van der Waals surface area contributed by atoms with Crippen molar-refractivity contribution >= 4 is 6.01 Å². The van der Waals surface area contributed by atoms with E-state index < -0.39 is 0 Å². The zero-order chi connectivity index (χ0) is 13.1. The molecule has 1 aromatic heterocycles. The predicted molar refractivity (Wildman–Crippen MR) is 65.6 cm³/mol. The number of aromatic nitrogens is 2. The molecule has 1 aliphatic heterocycles. The lowest BCUT2D eigenvalue weighted by atomic mass is 10.3. The van der Waals surface area contributed by atoms with Crippen LogP contribution in [0.5, 0.6) is 0 Å². The SMILES string of the molecule is CNC(C)c1nnc(N2CC(OC)C(OC)C2)o1. The largest absolute Gasteiger partial charge is 0.406 e. The van der Waals surface area contributed by atoms with Gasteiger partial charge in [-0.3, -0.25) is 0 Å². The highest BCUT2D eigenvalue weighted by Crippen LogP contribution is 2.23. The molecular weight excluding hydrogens is 236 g/mol. The Balaban J connectivity index is 2.06. The molecule has 3 unspecified atom stereocenters. The molecule has 2 heterocycles. The van der Waals surface area contributed by atoms with Gasteiger partial charge in [0.15, 0.2) is 0 Å². The van der Waals surface area contributed by atoms with Crippen molar-refractivity contribution < 1.29 is 13.9 Å². The minimum Gasteiger partial charge on any atom is -0.406 e. The second kappa shape index (κ2) is 5.64. The fourth-order valence-electron chi connectivity index (χ4n) is 2.01. The lowest BCUT2D eigenvalue weighted by molar-refractivity contribution is -0.00461. The molecule has 0 aromatic carbocycles. The van der Waals surface area contributed by atoms with Gasteiger partial charge in [-0.25, -0.2) is 0 Å². The standard InChI is InChI=1S/C11H20N4O3/c1-7(12-2)10-13-14-11(18-10)15-5-8(16-3)9(6-15)17-4/h7-9,12H,5-6H2,1-4H3. The summed E-state index contributed by atoms with van der Waals surface area (Å²) >= 11 is 0. The van der Waals surface area contributed by atoms with Crippen molar-refractivity contribution in [2.24, 2.45) is 0 Å². The Hall–Kier alpha value is -1.18. The molecular formula is C11H20N4O3. The molecule has 102 valence electrons. The third-order valence-corrected chi connectivity index (χ3v) is 3.32. The fourth-order valence-corrected chi connectivity index (χ4v) is 2.01. The van der Waals surface area contributed by atoms with Gasteiger partial charge < -0.3 is 24.1 Å². The van der Waals surface area contributed by atoms with Crippen LogP contribution in [0, 0.1) is 0 Å². The summed E-state index contributed by atoms with van der Waals surface area (Å²) in [6.45, 7) is 3.37. The third kappa shape index (κ3) is 2.47. The summed E-state index contributed by atoms with van der Waals surface area (Å²) in [5, 5.41) is 11.2. The number of nitrogens with one attached hydrogen (secondary N) is 1. The first-order valence-electron chi connectivity index (χ1n) is 6.00. The van der Waals surface area contributed by atoms with Gasteiger partial charge in [-0.15, -0.1) is 5.10 Å². The second-order valence-electron chi connectivity index (χ2n) is 4.39. The summed E-state index contributed by atoms with van der Waals surface area (Å²) in [6, 6.07) is 0.569. The number of anilines is 1. The van der Waals surface area contributed by atoms with Crippen LogP contribution in [0.1, 0.15) is 18.9 Å². The summed E-state index contributed by atoms with van der Waals surface area (Å²) < 4.78 is 16.4. The molecule has 0 amide bonds. The Morgan fingerprint density at radius 2 is 1.89 bits per heavy atom. The van der Waals surface area contributed by atoms with Crippen LogP contribution in [0.2, 0.25) is 0 Å². The highest BCUT2D eigenvalue weighted by atomic mass is 16.5. The molecule has 1 saturated heterocycles. The number of nitrogens with zero attached hydrogens (tertiary/aromatic N) is 3. The van der Waals surface area contributed by atoms with Crippen LogP contribution in [-0.4, -0.2) is 56.8 Å². The Morgan fingerprint density at radius 1 is 1.28 bits per heavy atom. The van der Waals surface area contributed by atoms with Gasteiger partial charge in [0.1, 0.15) is 12.2 Å². The van der Waals surface area contributed by atoms with E-state index in [4.69, 9.17) is 13.9 Å². The second-order valence-corrected chi connectivity index (χ2v) is 4.39. The van der Waals surface area contributed by atoms with Gasteiger partial charge in [-0.05, 0) is 14.0 Å². The van der Waals surface area contributed by atoms with Gasteiger partial charge >= 0.3 is 6.01 Å². The molecule has 1 aliphatic rings. The van der Waals surface area contributed by atoms with Crippen molar-refractivity contribution in [2.45, 2.75) is 25.2 Å². The van der Waals surface area contributed by atoms with E-state index >= 15 is 0 Å². The average molecular weight is 256 g/mol. The van der Waals surface area contributed by atoms with E-state index in [0.717, 1.165) is 0 Å². The highest BCUT2D eigenvalue weighted by molar-refractivity contribution is 5.28. The molecule has 0 saturated carbocycles. The number of ether oxygens (including phenoxy) is 2. The first-order valence-corrected chi connectivity index (χ1v) is 6.00. The Bertz CT molecular complexity index is 372. The predicted octanol–water partition coefficient (Wildman–Crippen LogP) is 0.200. The summed E-state index contributed by atoms with van der Waals surface area (Å²) in [4.78, 5) is 1.99. The first-order chi connectivity index (χ1) is 8.69. The molecule has 0 bridgehead atoms. The van der Waals surface area contributed by atoms with Gasteiger partial charge in [0.25, 0.3) is 0 Å². The molecule has 7 nitrogen and oxygen atoms in total. The molecule has 1 fully saturated rings. The van der Waals surface area contributed by atoms with Crippen LogP contribution in [0.25, 0.3) is 0 Å². The van der Waals surface area contributed by atoms with E-state index in [1.807, 2.05) is 18.9 Å². The van der Waals surface area contributed by atoms with E-state index in [0.29, 0.717) is 25.0 Å². The first kappa shape index (κ1) is 13.3. The minimum absolute atomic E-state index is 0.0343. The van der Waals surface area contributed by atoms with Crippen molar-refractivity contribution in [2.75, 3.05) is 39.3 Å². The normalized spacial score (nSPS) is 25.7. The van der Waals surface area contributed by atoms with E-state index in [1.54, 1.807) is 14.2 Å². The van der Waals surface area contributed by atoms with Crippen LogP contribution < -0.4 is 10.2 Å². The number of hydrogen-bond donors (Lipinski definition) is 1. The molecule has 3 atom stereocenters. The van der Waals surface area contributed by atoms with Gasteiger partial charge in [-0.2, -0.15) is 0 Å². The van der Waals surface area contributed by atoms with Crippen LogP contribution in [0.4, 0.5) is 6.01 Å². The molecule has 0 radical (unpaired) electrons. The summed E-state index contributed by atoms with van der Waals surface area (Å²) in [7, 11) is 5.22. The van der Waals surface area contributed by atoms with E-state index in [9.17, 15) is 0 Å². The van der Waals surface area contributed by atoms with Gasteiger partial charge in [-0.1, -0.05) is 5.10 Å². The van der Waals surface area contributed by atoms with Gasteiger partial charge in [0.2, 0.25) is 5.89 Å². The Labute approximate surface area is 106 Å². The molecule has 2 rings (SSSR count). The molecule has 1 N–H and O–H groups in total. The van der Waals surface area contributed by atoms with E-state index in [1.165, 1.54) is 0 Å². The number of hydrogen-bond acceptors (Lipinski definition) is 7. The van der Waals surface area contributed by atoms with Crippen molar-refractivity contribution in [1.82, 2.24) is 15.5 Å². The van der Waals surface area contributed by atoms with Crippen LogP contribution in [-0.2, 0) is 9.47 Å². The van der Waals surface area contributed by atoms with Crippen molar-refractivity contribution in [3.63, 3.8) is 0 Å². The van der Waals surface area contributed by atoms with Crippen molar-refractivity contribution in [1.29, 1.82) is 0 Å². The van der Waals surface area contributed by atoms with Crippen molar-refractivity contribution in [3.8, 4) is 0 Å². The number of methoxy groups -OCH3 is 2.